The maximum atomic E-state index is 5.38. The van der Waals surface area contributed by atoms with Gasteiger partial charge in [-0.1, -0.05) is 0 Å². The lowest BCUT2D eigenvalue weighted by Crippen LogP contribution is -2.29. The average molecular weight is 155 g/mol. The highest BCUT2D eigenvalue weighted by molar-refractivity contribution is 4.93. The van der Waals surface area contributed by atoms with Gasteiger partial charge in [0.15, 0.2) is 0 Å². The molecule has 0 aliphatic carbocycles. The van der Waals surface area contributed by atoms with Crippen molar-refractivity contribution in [3.05, 3.63) is 0 Å². The van der Waals surface area contributed by atoms with E-state index in [9.17, 15) is 0 Å². The summed E-state index contributed by atoms with van der Waals surface area (Å²) in [5.41, 5.74) is 0.253. The summed E-state index contributed by atoms with van der Waals surface area (Å²) in [6, 6.07) is 0.794. The fourth-order valence-corrected chi connectivity index (χ4v) is 1.98. The Morgan fingerprint density at radius 2 is 2.36 bits per heavy atom. The van der Waals surface area contributed by atoms with Gasteiger partial charge in [0.05, 0.1) is 12.2 Å². The van der Waals surface area contributed by atoms with Crippen molar-refractivity contribution in [1.82, 2.24) is 4.90 Å². The Balaban J connectivity index is 1.85. The lowest BCUT2D eigenvalue weighted by Gasteiger charge is -2.20. The van der Waals surface area contributed by atoms with Crippen LogP contribution in [0.4, 0.5) is 0 Å². The molecule has 2 heterocycles. The largest absolute Gasteiger partial charge is 0.370 e. The number of ether oxygens (including phenoxy) is 1. The van der Waals surface area contributed by atoms with Crippen LogP contribution in [0, 0.1) is 0 Å². The van der Waals surface area contributed by atoms with Gasteiger partial charge in [0.1, 0.15) is 0 Å². The van der Waals surface area contributed by atoms with Crippen molar-refractivity contribution in [2.24, 2.45) is 0 Å². The van der Waals surface area contributed by atoms with Gasteiger partial charge in [0.25, 0.3) is 0 Å². The van der Waals surface area contributed by atoms with Crippen LogP contribution in [0.5, 0.6) is 0 Å². The van der Waals surface area contributed by atoms with Gasteiger partial charge >= 0.3 is 0 Å². The molecule has 0 aromatic heterocycles. The van der Waals surface area contributed by atoms with E-state index < -0.39 is 0 Å². The minimum atomic E-state index is 0.253. The summed E-state index contributed by atoms with van der Waals surface area (Å²) < 4.78 is 5.38. The summed E-state index contributed by atoms with van der Waals surface area (Å²) >= 11 is 0. The zero-order valence-corrected chi connectivity index (χ0v) is 7.47. The molecule has 0 bridgehead atoms. The monoisotopic (exact) mass is 155 g/mol. The molecule has 0 radical (unpaired) electrons. The van der Waals surface area contributed by atoms with Gasteiger partial charge < -0.3 is 9.64 Å². The number of nitrogens with zero attached hydrogens (tertiary/aromatic N) is 1. The Morgan fingerprint density at radius 3 is 2.82 bits per heavy atom. The number of hydrogen-bond donors (Lipinski definition) is 0. The predicted octanol–water partition coefficient (Wildman–Crippen LogP) is 1.26. The van der Waals surface area contributed by atoms with E-state index in [1.807, 2.05) is 0 Å². The van der Waals surface area contributed by atoms with Crippen LogP contribution in [0.3, 0.4) is 0 Å². The topological polar surface area (TPSA) is 15.8 Å². The van der Waals surface area contributed by atoms with E-state index in [1.165, 1.54) is 25.8 Å². The van der Waals surface area contributed by atoms with Crippen molar-refractivity contribution in [2.75, 3.05) is 20.2 Å². The van der Waals surface area contributed by atoms with Crippen LogP contribution in [0.2, 0.25) is 0 Å². The molecule has 2 rings (SSSR count). The number of likely N-dealkylation sites (tertiary alicyclic amines) is 1. The quantitative estimate of drug-likeness (QED) is 0.558. The van der Waals surface area contributed by atoms with Gasteiger partial charge in [-0.3, -0.25) is 0 Å². The molecule has 2 aliphatic rings. The lowest BCUT2D eigenvalue weighted by atomic mass is 10.0. The van der Waals surface area contributed by atoms with E-state index in [0.717, 1.165) is 12.6 Å². The molecule has 0 saturated carbocycles. The van der Waals surface area contributed by atoms with Crippen LogP contribution in [0.25, 0.3) is 0 Å². The third-order valence-electron chi connectivity index (χ3n) is 2.98. The summed E-state index contributed by atoms with van der Waals surface area (Å²) in [4.78, 5) is 2.47. The molecule has 0 aromatic rings. The van der Waals surface area contributed by atoms with Crippen LogP contribution >= 0.6 is 0 Å². The van der Waals surface area contributed by atoms with Gasteiger partial charge in [-0.2, -0.15) is 0 Å². The van der Waals surface area contributed by atoms with Gasteiger partial charge in [-0.05, 0) is 39.8 Å². The smallest absolute Gasteiger partial charge is 0.0903 e. The second-order valence-electron chi connectivity index (χ2n) is 4.22. The molecule has 0 spiro atoms. The molecule has 2 fully saturated rings. The van der Waals surface area contributed by atoms with Crippen molar-refractivity contribution >= 4 is 0 Å². The molecular formula is C9H17NO. The fraction of sp³-hybridized carbons (Fsp3) is 1.00. The fourth-order valence-electron chi connectivity index (χ4n) is 1.98. The number of rotatable bonds is 2. The first-order chi connectivity index (χ1) is 5.20. The van der Waals surface area contributed by atoms with Crippen molar-refractivity contribution in [3.63, 3.8) is 0 Å². The Labute approximate surface area is 68.5 Å². The second kappa shape index (κ2) is 2.46. The van der Waals surface area contributed by atoms with Gasteiger partial charge in [0.2, 0.25) is 0 Å². The molecule has 64 valence electrons. The van der Waals surface area contributed by atoms with Crippen LogP contribution in [0.15, 0.2) is 0 Å². The first-order valence-electron chi connectivity index (χ1n) is 4.54. The van der Waals surface area contributed by atoms with Crippen molar-refractivity contribution in [1.29, 1.82) is 0 Å². The first-order valence-corrected chi connectivity index (χ1v) is 4.54. The van der Waals surface area contributed by atoms with Gasteiger partial charge in [-0.15, -0.1) is 0 Å². The van der Waals surface area contributed by atoms with Crippen molar-refractivity contribution < 1.29 is 4.74 Å². The predicted molar refractivity (Wildman–Crippen MR) is 44.6 cm³/mol. The van der Waals surface area contributed by atoms with Crippen LogP contribution < -0.4 is 0 Å². The maximum Gasteiger partial charge on any atom is 0.0903 e. The zero-order valence-electron chi connectivity index (χ0n) is 7.47. The summed E-state index contributed by atoms with van der Waals surface area (Å²) in [6.07, 6.45) is 3.98. The molecule has 2 saturated heterocycles. The molecule has 2 heteroatoms. The molecule has 2 nitrogen and oxygen atoms in total. The summed E-state index contributed by atoms with van der Waals surface area (Å²) in [5.74, 6) is 0. The second-order valence-corrected chi connectivity index (χ2v) is 4.22. The summed E-state index contributed by atoms with van der Waals surface area (Å²) in [5, 5.41) is 0. The van der Waals surface area contributed by atoms with E-state index in [0.29, 0.717) is 0 Å². The Kier molecular flexibility index (Phi) is 1.69. The molecule has 0 N–H and O–H groups in total. The van der Waals surface area contributed by atoms with Crippen molar-refractivity contribution in [3.8, 4) is 0 Å². The first kappa shape index (κ1) is 7.56. The SMILES string of the molecule is CN1CCCC1CC1(C)CO1. The van der Waals surface area contributed by atoms with Crippen LogP contribution in [-0.4, -0.2) is 36.7 Å². The van der Waals surface area contributed by atoms with Gasteiger partial charge in [0, 0.05) is 6.04 Å². The normalized spacial score (nSPS) is 44.7. The molecule has 11 heavy (non-hydrogen) atoms. The highest BCUT2D eigenvalue weighted by Crippen LogP contribution is 2.35. The molecular weight excluding hydrogens is 138 g/mol. The van der Waals surface area contributed by atoms with E-state index in [-0.39, 0.29) is 5.60 Å². The Hall–Kier alpha value is -0.0800. The van der Waals surface area contributed by atoms with E-state index in [2.05, 4.69) is 18.9 Å². The zero-order chi connectivity index (χ0) is 7.90. The lowest BCUT2D eigenvalue weighted by molar-refractivity contribution is 0.223. The minimum Gasteiger partial charge on any atom is -0.370 e. The standard InChI is InChI=1S/C9H17NO/c1-9(7-11-9)6-8-4-3-5-10(8)2/h8H,3-7H2,1-2H3. The Morgan fingerprint density at radius 1 is 1.64 bits per heavy atom. The van der Waals surface area contributed by atoms with Gasteiger partial charge in [-0.25, -0.2) is 0 Å². The highest BCUT2D eigenvalue weighted by atomic mass is 16.6. The minimum absolute atomic E-state index is 0.253. The number of epoxide rings is 1. The van der Waals surface area contributed by atoms with Crippen molar-refractivity contribution in [2.45, 2.75) is 37.8 Å². The van der Waals surface area contributed by atoms with E-state index in [4.69, 9.17) is 4.74 Å². The molecule has 2 unspecified atom stereocenters. The summed E-state index contributed by atoms with van der Waals surface area (Å²) in [7, 11) is 2.23. The average Bonchev–Trinajstić information content (AvgIpc) is 2.54. The van der Waals surface area contributed by atoms with Crippen LogP contribution in [0.1, 0.15) is 26.2 Å². The van der Waals surface area contributed by atoms with Crippen LogP contribution in [-0.2, 0) is 4.74 Å². The molecule has 0 aromatic carbocycles. The summed E-state index contributed by atoms with van der Waals surface area (Å²) in [6.45, 7) is 4.48. The third-order valence-corrected chi connectivity index (χ3v) is 2.98. The third kappa shape index (κ3) is 1.57. The maximum absolute atomic E-state index is 5.38. The Bertz CT molecular complexity index is 154. The molecule has 2 aliphatic heterocycles. The molecule has 0 amide bonds. The van der Waals surface area contributed by atoms with E-state index in [1.54, 1.807) is 0 Å². The molecule has 2 atom stereocenters. The highest BCUT2D eigenvalue weighted by Gasteiger charge is 2.42. The van der Waals surface area contributed by atoms with E-state index >= 15 is 0 Å². The number of hydrogen-bond acceptors (Lipinski definition) is 2.